The van der Waals surface area contributed by atoms with Crippen LogP contribution in [0.15, 0.2) is 0 Å². The molecule has 1 rings (SSSR count). The van der Waals surface area contributed by atoms with Crippen LogP contribution in [0.4, 0.5) is 0 Å². The summed E-state index contributed by atoms with van der Waals surface area (Å²) in [4.78, 5) is 2.71. The van der Waals surface area contributed by atoms with Gasteiger partial charge in [0.15, 0.2) is 0 Å². The van der Waals surface area contributed by atoms with Gasteiger partial charge in [0, 0.05) is 25.6 Å². The molecule has 1 heterocycles. The van der Waals surface area contributed by atoms with E-state index >= 15 is 0 Å². The maximum Gasteiger partial charge on any atom is 0.108 e. The molecule has 1 saturated heterocycles. The smallest absolute Gasteiger partial charge is 0.108 e. The van der Waals surface area contributed by atoms with Gasteiger partial charge in [0.05, 0.1) is 6.10 Å². The van der Waals surface area contributed by atoms with E-state index in [1.165, 1.54) is 103 Å². The van der Waals surface area contributed by atoms with E-state index in [2.05, 4.69) is 44.4 Å². The molecule has 0 aromatic rings. The fourth-order valence-corrected chi connectivity index (χ4v) is 4.37. The molecular weight excluding hydrogens is 342 g/mol. The van der Waals surface area contributed by atoms with Crippen LogP contribution in [0.5, 0.6) is 0 Å². The fraction of sp³-hybridized carbons (Fsp3) is 0.923. The summed E-state index contributed by atoms with van der Waals surface area (Å²) < 4.78 is 6.04. The molecule has 0 radical (unpaired) electrons. The highest BCUT2D eigenvalue weighted by Gasteiger charge is 2.21. The SMILES string of the molecule is CCCCCCC(CCCCC)CN1CCC(OCC#CC(C)CCC)CC1. The number of hydrogen-bond acceptors (Lipinski definition) is 2. The minimum atomic E-state index is 0.426. The molecule has 1 fully saturated rings. The number of rotatable bonds is 15. The van der Waals surface area contributed by atoms with Crippen molar-refractivity contribution in [1.29, 1.82) is 0 Å². The van der Waals surface area contributed by atoms with Crippen LogP contribution in [0.1, 0.15) is 111 Å². The predicted molar refractivity (Wildman–Crippen MR) is 124 cm³/mol. The summed E-state index contributed by atoms with van der Waals surface area (Å²) in [6, 6.07) is 0. The van der Waals surface area contributed by atoms with Gasteiger partial charge in [0.2, 0.25) is 0 Å². The van der Waals surface area contributed by atoms with Crippen molar-refractivity contribution in [3.63, 3.8) is 0 Å². The zero-order chi connectivity index (χ0) is 20.5. The highest BCUT2D eigenvalue weighted by atomic mass is 16.5. The Bertz CT molecular complexity index is 402. The normalized spacial score (nSPS) is 17.9. The van der Waals surface area contributed by atoms with Crippen molar-refractivity contribution in [3.05, 3.63) is 0 Å². The summed E-state index contributed by atoms with van der Waals surface area (Å²) in [5, 5.41) is 0. The summed E-state index contributed by atoms with van der Waals surface area (Å²) in [6.45, 7) is 13.4. The molecule has 1 aliphatic rings. The first-order valence-electron chi connectivity index (χ1n) is 12.5. The molecule has 2 atom stereocenters. The lowest BCUT2D eigenvalue weighted by atomic mass is 9.93. The Labute approximate surface area is 177 Å². The van der Waals surface area contributed by atoms with Gasteiger partial charge in [0.1, 0.15) is 6.61 Å². The number of hydrogen-bond donors (Lipinski definition) is 0. The van der Waals surface area contributed by atoms with E-state index in [1.54, 1.807) is 0 Å². The van der Waals surface area contributed by atoms with Gasteiger partial charge < -0.3 is 9.64 Å². The number of likely N-dealkylation sites (tertiary alicyclic amines) is 1. The van der Waals surface area contributed by atoms with E-state index in [0.29, 0.717) is 18.6 Å². The molecule has 1 aliphatic heterocycles. The monoisotopic (exact) mass is 391 g/mol. The zero-order valence-corrected chi connectivity index (χ0v) is 19.6. The van der Waals surface area contributed by atoms with Crippen molar-refractivity contribution < 1.29 is 4.74 Å². The molecule has 0 N–H and O–H groups in total. The van der Waals surface area contributed by atoms with E-state index in [9.17, 15) is 0 Å². The Hall–Kier alpha value is -0.520. The molecule has 28 heavy (non-hydrogen) atoms. The lowest BCUT2D eigenvalue weighted by Gasteiger charge is -2.34. The molecule has 164 valence electrons. The van der Waals surface area contributed by atoms with Crippen LogP contribution < -0.4 is 0 Å². The van der Waals surface area contributed by atoms with Crippen molar-refractivity contribution in [2.75, 3.05) is 26.2 Å². The lowest BCUT2D eigenvalue weighted by Crippen LogP contribution is -2.39. The number of nitrogens with zero attached hydrogens (tertiary/aromatic N) is 1. The topological polar surface area (TPSA) is 12.5 Å². The van der Waals surface area contributed by atoms with Gasteiger partial charge in [-0.15, -0.1) is 0 Å². The summed E-state index contributed by atoms with van der Waals surface area (Å²) in [6.07, 6.45) is 17.8. The van der Waals surface area contributed by atoms with Gasteiger partial charge >= 0.3 is 0 Å². The van der Waals surface area contributed by atoms with Gasteiger partial charge in [-0.05, 0) is 38.0 Å². The Balaban J connectivity index is 2.26. The molecular formula is C26H49NO. The molecule has 0 aromatic heterocycles. The predicted octanol–water partition coefficient (Wildman–Crippen LogP) is 7.07. The van der Waals surface area contributed by atoms with Crippen LogP contribution in [0, 0.1) is 23.7 Å². The first-order valence-corrected chi connectivity index (χ1v) is 12.5. The van der Waals surface area contributed by atoms with Crippen molar-refractivity contribution in [2.24, 2.45) is 11.8 Å². The van der Waals surface area contributed by atoms with E-state index in [1.807, 2.05) is 0 Å². The number of piperidine rings is 1. The minimum Gasteiger partial charge on any atom is -0.365 e. The summed E-state index contributed by atoms with van der Waals surface area (Å²) >= 11 is 0. The van der Waals surface area contributed by atoms with Crippen LogP contribution in [0.2, 0.25) is 0 Å². The second-order valence-corrected chi connectivity index (χ2v) is 9.03. The summed E-state index contributed by atoms with van der Waals surface area (Å²) in [7, 11) is 0. The fourth-order valence-electron chi connectivity index (χ4n) is 4.37. The van der Waals surface area contributed by atoms with Crippen molar-refractivity contribution in [1.82, 2.24) is 4.90 Å². The molecule has 2 nitrogen and oxygen atoms in total. The third kappa shape index (κ3) is 12.8. The van der Waals surface area contributed by atoms with Crippen molar-refractivity contribution >= 4 is 0 Å². The third-order valence-electron chi connectivity index (χ3n) is 6.19. The average Bonchev–Trinajstić information content (AvgIpc) is 2.70. The molecule has 0 amide bonds. The Morgan fingerprint density at radius 3 is 2.14 bits per heavy atom. The van der Waals surface area contributed by atoms with Gasteiger partial charge in [-0.3, -0.25) is 0 Å². The van der Waals surface area contributed by atoms with Crippen LogP contribution >= 0.6 is 0 Å². The summed E-state index contributed by atoms with van der Waals surface area (Å²) in [5.41, 5.74) is 0. The average molecular weight is 392 g/mol. The van der Waals surface area contributed by atoms with Crippen molar-refractivity contribution in [3.8, 4) is 11.8 Å². The first kappa shape index (κ1) is 25.5. The summed E-state index contributed by atoms with van der Waals surface area (Å²) in [5.74, 6) is 7.98. The highest BCUT2D eigenvalue weighted by molar-refractivity contribution is 5.02. The molecule has 0 spiro atoms. The Morgan fingerprint density at radius 2 is 1.50 bits per heavy atom. The van der Waals surface area contributed by atoms with Crippen molar-refractivity contribution in [2.45, 2.75) is 117 Å². The number of unbranched alkanes of at least 4 members (excludes halogenated alkanes) is 5. The molecule has 2 heteroatoms. The molecule has 0 saturated carbocycles. The van der Waals surface area contributed by atoms with E-state index in [-0.39, 0.29) is 0 Å². The van der Waals surface area contributed by atoms with E-state index in [4.69, 9.17) is 4.74 Å². The maximum atomic E-state index is 6.04. The number of ether oxygens (including phenoxy) is 1. The van der Waals surface area contributed by atoms with Gasteiger partial charge in [-0.2, -0.15) is 0 Å². The first-order chi connectivity index (χ1) is 13.7. The molecule has 0 bridgehead atoms. The van der Waals surface area contributed by atoms with Crippen LogP contribution in [0.25, 0.3) is 0 Å². The standard InChI is InChI=1S/C26H49NO/c1-5-8-10-12-17-25(16-11-9-6-2)23-27-20-18-26(19-21-27)28-22-13-15-24(4)14-7-3/h24-26H,5-12,14,16-23H2,1-4H3. The second kappa shape index (κ2) is 17.3. The maximum absolute atomic E-state index is 6.04. The highest BCUT2D eigenvalue weighted by Crippen LogP contribution is 2.22. The van der Waals surface area contributed by atoms with E-state index in [0.717, 1.165) is 5.92 Å². The van der Waals surface area contributed by atoms with Gasteiger partial charge in [-0.1, -0.05) is 90.9 Å². The van der Waals surface area contributed by atoms with Crippen LogP contribution in [-0.2, 0) is 4.74 Å². The Morgan fingerprint density at radius 1 is 0.857 bits per heavy atom. The largest absolute Gasteiger partial charge is 0.365 e. The van der Waals surface area contributed by atoms with Gasteiger partial charge in [0.25, 0.3) is 0 Å². The lowest BCUT2D eigenvalue weighted by molar-refractivity contribution is 0.0200. The molecule has 0 aromatic carbocycles. The van der Waals surface area contributed by atoms with Crippen LogP contribution in [-0.4, -0.2) is 37.2 Å². The van der Waals surface area contributed by atoms with Gasteiger partial charge in [-0.25, -0.2) is 0 Å². The molecule has 0 aliphatic carbocycles. The molecule has 2 unspecified atom stereocenters. The zero-order valence-electron chi connectivity index (χ0n) is 19.6. The Kier molecular flexibility index (Phi) is 15.8. The third-order valence-corrected chi connectivity index (χ3v) is 6.19. The quantitative estimate of drug-likeness (QED) is 0.218. The second-order valence-electron chi connectivity index (χ2n) is 9.03. The minimum absolute atomic E-state index is 0.426. The van der Waals surface area contributed by atoms with Crippen LogP contribution in [0.3, 0.4) is 0 Å². The van der Waals surface area contributed by atoms with E-state index < -0.39 is 0 Å².